The Morgan fingerprint density at radius 3 is 2.68 bits per heavy atom. The van der Waals surface area contributed by atoms with Gasteiger partial charge in [0.15, 0.2) is 0 Å². The molecule has 1 aliphatic rings. The first-order chi connectivity index (χ1) is 10.7. The maximum Gasteiger partial charge on any atom is 0.131 e. The van der Waals surface area contributed by atoms with Gasteiger partial charge in [-0.1, -0.05) is 0 Å². The standard InChI is InChI=1S/C17H18FNO3/c1-20-12-3-4-16(21-2)14(8-12)15-7-11(18)5-10-6-13(9-19)22-17(10)15/h3-5,7-8,13H,6,9,19H2,1-2H3/t13-/m1/s1. The Hall–Kier alpha value is -2.27. The Labute approximate surface area is 128 Å². The van der Waals surface area contributed by atoms with Crippen LogP contribution in [0.3, 0.4) is 0 Å². The molecule has 0 radical (unpaired) electrons. The second kappa shape index (κ2) is 5.85. The fraction of sp³-hybridized carbons (Fsp3) is 0.294. The quantitative estimate of drug-likeness (QED) is 0.943. The number of fused-ring (bicyclic) bond motifs is 1. The molecule has 1 aliphatic heterocycles. The molecule has 0 unspecified atom stereocenters. The zero-order valence-electron chi connectivity index (χ0n) is 12.6. The molecule has 1 heterocycles. The van der Waals surface area contributed by atoms with Crippen molar-refractivity contribution in [2.75, 3.05) is 20.8 Å². The van der Waals surface area contributed by atoms with Crippen molar-refractivity contribution in [2.45, 2.75) is 12.5 Å². The molecule has 0 bridgehead atoms. The molecular weight excluding hydrogens is 285 g/mol. The topological polar surface area (TPSA) is 53.7 Å². The van der Waals surface area contributed by atoms with Gasteiger partial charge in [0.25, 0.3) is 0 Å². The number of methoxy groups -OCH3 is 2. The molecule has 2 aromatic carbocycles. The van der Waals surface area contributed by atoms with E-state index in [9.17, 15) is 4.39 Å². The first-order valence-corrected chi connectivity index (χ1v) is 7.07. The molecular formula is C17H18FNO3. The number of halogens is 1. The third kappa shape index (κ3) is 2.48. The van der Waals surface area contributed by atoms with Crippen LogP contribution in [-0.4, -0.2) is 26.9 Å². The minimum Gasteiger partial charge on any atom is -0.497 e. The van der Waals surface area contributed by atoms with E-state index in [-0.39, 0.29) is 11.9 Å². The van der Waals surface area contributed by atoms with Gasteiger partial charge in [0, 0.05) is 29.7 Å². The number of ether oxygens (including phenoxy) is 3. The summed E-state index contributed by atoms with van der Waals surface area (Å²) in [7, 11) is 3.16. The first kappa shape index (κ1) is 14.7. The molecule has 0 aromatic heterocycles. The van der Waals surface area contributed by atoms with Gasteiger partial charge >= 0.3 is 0 Å². The zero-order valence-corrected chi connectivity index (χ0v) is 12.6. The lowest BCUT2D eigenvalue weighted by Crippen LogP contribution is -2.24. The van der Waals surface area contributed by atoms with Crippen LogP contribution in [0.1, 0.15) is 5.56 Å². The van der Waals surface area contributed by atoms with Crippen molar-refractivity contribution in [3.63, 3.8) is 0 Å². The van der Waals surface area contributed by atoms with E-state index >= 15 is 0 Å². The molecule has 0 spiro atoms. The number of rotatable bonds is 4. The Kier molecular flexibility index (Phi) is 3.90. The highest BCUT2D eigenvalue weighted by Gasteiger charge is 2.27. The fourth-order valence-corrected chi connectivity index (χ4v) is 2.75. The molecule has 0 saturated heterocycles. The molecule has 116 valence electrons. The number of nitrogens with two attached hydrogens (primary N) is 1. The summed E-state index contributed by atoms with van der Waals surface area (Å²) < 4.78 is 30.5. The van der Waals surface area contributed by atoms with Gasteiger partial charge in [-0.3, -0.25) is 0 Å². The second-order valence-corrected chi connectivity index (χ2v) is 5.19. The lowest BCUT2D eigenvalue weighted by Gasteiger charge is -2.15. The smallest absolute Gasteiger partial charge is 0.131 e. The average Bonchev–Trinajstić information content (AvgIpc) is 2.96. The summed E-state index contributed by atoms with van der Waals surface area (Å²) >= 11 is 0. The summed E-state index contributed by atoms with van der Waals surface area (Å²) in [6.07, 6.45) is 0.496. The molecule has 2 aromatic rings. The van der Waals surface area contributed by atoms with E-state index in [0.717, 1.165) is 11.1 Å². The van der Waals surface area contributed by atoms with Crippen molar-refractivity contribution in [3.8, 4) is 28.4 Å². The second-order valence-electron chi connectivity index (χ2n) is 5.19. The van der Waals surface area contributed by atoms with Crippen LogP contribution in [0.25, 0.3) is 11.1 Å². The summed E-state index contributed by atoms with van der Waals surface area (Å²) in [6.45, 7) is 0.394. The SMILES string of the molecule is COc1ccc(OC)c(-c2cc(F)cc3c2O[C@@H](CN)C3)c1. The van der Waals surface area contributed by atoms with Crippen molar-refractivity contribution < 1.29 is 18.6 Å². The third-order valence-corrected chi connectivity index (χ3v) is 3.82. The number of hydrogen-bond acceptors (Lipinski definition) is 4. The summed E-state index contributed by atoms with van der Waals surface area (Å²) in [5, 5.41) is 0. The minimum absolute atomic E-state index is 0.118. The predicted molar refractivity (Wildman–Crippen MR) is 82.1 cm³/mol. The maximum absolute atomic E-state index is 14.0. The van der Waals surface area contributed by atoms with Crippen molar-refractivity contribution in [3.05, 3.63) is 41.7 Å². The van der Waals surface area contributed by atoms with E-state index < -0.39 is 0 Å². The maximum atomic E-state index is 14.0. The molecule has 3 rings (SSSR count). The molecule has 0 amide bonds. The van der Waals surface area contributed by atoms with E-state index in [4.69, 9.17) is 19.9 Å². The van der Waals surface area contributed by atoms with Gasteiger partial charge in [0.2, 0.25) is 0 Å². The Bertz CT molecular complexity index is 703. The van der Waals surface area contributed by atoms with Crippen molar-refractivity contribution >= 4 is 0 Å². The Balaban J connectivity index is 2.17. The highest BCUT2D eigenvalue weighted by Crippen LogP contribution is 2.43. The van der Waals surface area contributed by atoms with E-state index in [2.05, 4.69) is 0 Å². The fourth-order valence-electron chi connectivity index (χ4n) is 2.75. The number of benzene rings is 2. The molecule has 0 aliphatic carbocycles. The van der Waals surface area contributed by atoms with Gasteiger partial charge in [-0.15, -0.1) is 0 Å². The van der Waals surface area contributed by atoms with Crippen LogP contribution in [0, 0.1) is 5.82 Å². The highest BCUT2D eigenvalue weighted by molar-refractivity contribution is 5.79. The molecule has 5 heteroatoms. The van der Waals surface area contributed by atoms with E-state index in [1.165, 1.54) is 12.1 Å². The van der Waals surface area contributed by atoms with Crippen LogP contribution in [0.2, 0.25) is 0 Å². The van der Waals surface area contributed by atoms with Gasteiger partial charge in [-0.25, -0.2) is 4.39 Å². The minimum atomic E-state index is -0.306. The molecule has 2 N–H and O–H groups in total. The molecule has 22 heavy (non-hydrogen) atoms. The summed E-state index contributed by atoms with van der Waals surface area (Å²) in [6, 6.07) is 8.36. The summed E-state index contributed by atoms with van der Waals surface area (Å²) in [4.78, 5) is 0. The van der Waals surface area contributed by atoms with Gasteiger partial charge < -0.3 is 19.9 Å². The normalized spacial score (nSPS) is 16.1. The third-order valence-electron chi connectivity index (χ3n) is 3.82. The predicted octanol–water partition coefficient (Wildman–Crippen LogP) is 2.77. The lowest BCUT2D eigenvalue weighted by atomic mass is 9.99. The summed E-state index contributed by atoms with van der Waals surface area (Å²) in [5.74, 6) is 1.67. The molecule has 4 nitrogen and oxygen atoms in total. The monoisotopic (exact) mass is 303 g/mol. The van der Waals surface area contributed by atoms with Crippen molar-refractivity contribution in [1.82, 2.24) is 0 Å². The van der Waals surface area contributed by atoms with Gasteiger partial charge in [-0.05, 0) is 30.3 Å². The average molecular weight is 303 g/mol. The van der Waals surface area contributed by atoms with Crippen molar-refractivity contribution in [1.29, 1.82) is 0 Å². The van der Waals surface area contributed by atoms with E-state index in [1.54, 1.807) is 26.4 Å². The lowest BCUT2D eigenvalue weighted by molar-refractivity contribution is 0.242. The molecule has 0 fully saturated rings. The van der Waals surface area contributed by atoms with Crippen LogP contribution in [0.4, 0.5) is 4.39 Å². The molecule has 1 atom stereocenters. The first-order valence-electron chi connectivity index (χ1n) is 7.07. The molecule has 0 saturated carbocycles. The Morgan fingerprint density at radius 2 is 2.00 bits per heavy atom. The van der Waals surface area contributed by atoms with Crippen LogP contribution in [-0.2, 0) is 6.42 Å². The largest absolute Gasteiger partial charge is 0.497 e. The van der Waals surface area contributed by atoms with Crippen LogP contribution in [0.5, 0.6) is 17.2 Å². The zero-order chi connectivity index (χ0) is 15.7. The van der Waals surface area contributed by atoms with Gasteiger partial charge in [-0.2, -0.15) is 0 Å². The van der Waals surface area contributed by atoms with E-state index in [1.807, 2.05) is 6.07 Å². The van der Waals surface area contributed by atoms with E-state index in [0.29, 0.717) is 35.8 Å². The summed E-state index contributed by atoms with van der Waals surface area (Å²) in [5.41, 5.74) is 7.89. The van der Waals surface area contributed by atoms with Gasteiger partial charge in [0.05, 0.1) is 14.2 Å². The van der Waals surface area contributed by atoms with Crippen LogP contribution in [0.15, 0.2) is 30.3 Å². The highest BCUT2D eigenvalue weighted by atomic mass is 19.1. The van der Waals surface area contributed by atoms with Crippen LogP contribution >= 0.6 is 0 Å². The Morgan fingerprint density at radius 1 is 1.18 bits per heavy atom. The number of hydrogen-bond donors (Lipinski definition) is 1. The van der Waals surface area contributed by atoms with Crippen LogP contribution < -0.4 is 19.9 Å². The van der Waals surface area contributed by atoms with Crippen molar-refractivity contribution in [2.24, 2.45) is 5.73 Å². The van der Waals surface area contributed by atoms with Gasteiger partial charge in [0.1, 0.15) is 29.2 Å².